The van der Waals surface area contributed by atoms with Crippen LogP contribution in [-0.2, 0) is 42.3 Å². The summed E-state index contributed by atoms with van der Waals surface area (Å²) in [6.45, 7) is 3.60. The van der Waals surface area contributed by atoms with Crippen molar-refractivity contribution in [2.24, 2.45) is 10.2 Å². The SMILES string of the molecule is CC1=NN(C)C(=O)/C1=C\c1ccc(O)cc1.CC1=NN(C)C(=O)/C1=C\c1ccc(O)cc1.[Y]. The van der Waals surface area contributed by atoms with Crippen molar-refractivity contribution in [3.8, 4) is 11.5 Å². The van der Waals surface area contributed by atoms with E-state index in [0.29, 0.717) is 22.6 Å². The van der Waals surface area contributed by atoms with Gasteiger partial charge >= 0.3 is 0 Å². The van der Waals surface area contributed by atoms with Crippen LogP contribution < -0.4 is 0 Å². The second kappa shape index (κ2) is 11.2. The Morgan fingerprint density at radius 3 is 1.21 bits per heavy atom. The molecule has 0 aliphatic carbocycles. The molecule has 2 aliphatic rings. The number of benzene rings is 2. The molecule has 2 aliphatic heterocycles. The molecule has 0 saturated carbocycles. The van der Waals surface area contributed by atoms with Crippen LogP contribution >= 0.6 is 0 Å². The van der Waals surface area contributed by atoms with Crippen molar-refractivity contribution in [2.45, 2.75) is 13.8 Å². The Labute approximate surface area is 217 Å². The zero-order chi connectivity index (χ0) is 23.4. The molecule has 2 aromatic carbocycles. The Kier molecular flexibility index (Phi) is 8.85. The van der Waals surface area contributed by atoms with Gasteiger partial charge in [0.2, 0.25) is 0 Å². The molecule has 33 heavy (non-hydrogen) atoms. The van der Waals surface area contributed by atoms with E-state index in [9.17, 15) is 9.59 Å². The number of aromatic hydroxyl groups is 2. The van der Waals surface area contributed by atoms with E-state index in [0.717, 1.165) is 11.1 Å². The van der Waals surface area contributed by atoms with Gasteiger partial charge in [0.1, 0.15) is 11.5 Å². The smallest absolute Gasteiger partial charge is 0.275 e. The summed E-state index contributed by atoms with van der Waals surface area (Å²) in [5.74, 6) is 0.209. The van der Waals surface area contributed by atoms with Crippen molar-refractivity contribution in [3.05, 3.63) is 70.8 Å². The molecule has 2 N–H and O–H groups in total. The standard InChI is InChI=1S/2C12H12N2O2.Y/c2*1-8-11(12(16)14(2)13-8)7-9-3-5-10(15)6-4-9;/h2*3-7,15H,1-2H3;/b2*11-7-;. The molecular formula is C24H24N4O4Y. The van der Waals surface area contributed by atoms with Crippen molar-refractivity contribution in [1.82, 2.24) is 10.0 Å². The van der Waals surface area contributed by atoms with E-state index >= 15 is 0 Å². The fourth-order valence-electron chi connectivity index (χ4n) is 3.11. The maximum absolute atomic E-state index is 11.7. The molecule has 0 saturated heterocycles. The molecule has 4 rings (SSSR count). The van der Waals surface area contributed by atoms with Gasteiger partial charge in [0, 0.05) is 46.8 Å². The number of phenols is 2. The molecule has 0 unspecified atom stereocenters. The van der Waals surface area contributed by atoms with Gasteiger partial charge in [0.25, 0.3) is 11.8 Å². The molecule has 0 bridgehead atoms. The minimum absolute atomic E-state index is 0. The van der Waals surface area contributed by atoms with Gasteiger partial charge in [-0.05, 0) is 61.4 Å². The van der Waals surface area contributed by atoms with Gasteiger partial charge in [-0.2, -0.15) is 10.2 Å². The topological polar surface area (TPSA) is 106 Å². The summed E-state index contributed by atoms with van der Waals surface area (Å²) in [6, 6.07) is 13.3. The Morgan fingerprint density at radius 2 is 0.970 bits per heavy atom. The van der Waals surface area contributed by atoms with E-state index in [-0.39, 0.29) is 56.0 Å². The zero-order valence-electron chi connectivity index (χ0n) is 18.9. The van der Waals surface area contributed by atoms with Crippen molar-refractivity contribution in [2.75, 3.05) is 14.1 Å². The number of rotatable bonds is 2. The first-order valence-electron chi connectivity index (χ1n) is 9.84. The molecule has 8 nitrogen and oxygen atoms in total. The molecule has 2 amide bonds. The summed E-state index contributed by atoms with van der Waals surface area (Å²) in [5.41, 5.74) is 4.33. The third-order valence-electron chi connectivity index (χ3n) is 4.84. The maximum atomic E-state index is 11.7. The van der Waals surface area contributed by atoms with Gasteiger partial charge in [0.15, 0.2) is 0 Å². The van der Waals surface area contributed by atoms with Gasteiger partial charge < -0.3 is 10.2 Å². The Balaban J connectivity index is 0.000000227. The summed E-state index contributed by atoms with van der Waals surface area (Å²) in [5, 5.41) is 29.0. The summed E-state index contributed by atoms with van der Waals surface area (Å²) in [6.07, 6.45) is 3.54. The number of hydrogen-bond donors (Lipinski definition) is 2. The van der Waals surface area contributed by atoms with Crippen LogP contribution in [0, 0.1) is 0 Å². The van der Waals surface area contributed by atoms with Gasteiger partial charge in [0.05, 0.1) is 22.6 Å². The van der Waals surface area contributed by atoms with Crippen LogP contribution in [0.15, 0.2) is 69.9 Å². The minimum Gasteiger partial charge on any atom is -0.508 e. The predicted octanol–water partition coefficient (Wildman–Crippen LogP) is 3.24. The molecule has 1 radical (unpaired) electrons. The fourth-order valence-corrected chi connectivity index (χ4v) is 3.11. The Morgan fingerprint density at radius 1 is 0.667 bits per heavy atom. The van der Waals surface area contributed by atoms with Crippen molar-refractivity contribution >= 4 is 35.4 Å². The Hall–Kier alpha value is -3.10. The monoisotopic (exact) mass is 521 g/mol. The zero-order valence-corrected chi connectivity index (χ0v) is 21.7. The number of nitrogens with zero attached hydrogens (tertiary/aromatic N) is 4. The van der Waals surface area contributed by atoms with E-state index in [1.807, 2.05) is 0 Å². The molecule has 0 aromatic heterocycles. The van der Waals surface area contributed by atoms with Gasteiger partial charge in [-0.25, -0.2) is 10.0 Å². The van der Waals surface area contributed by atoms with E-state index in [1.165, 1.54) is 10.0 Å². The van der Waals surface area contributed by atoms with Crippen molar-refractivity contribution in [3.63, 3.8) is 0 Å². The molecule has 167 valence electrons. The van der Waals surface area contributed by atoms with Crippen molar-refractivity contribution in [1.29, 1.82) is 0 Å². The number of phenolic OH excluding ortho intramolecular Hbond substituents is 2. The van der Waals surface area contributed by atoms with Gasteiger partial charge in [-0.15, -0.1) is 0 Å². The van der Waals surface area contributed by atoms with Gasteiger partial charge in [-0.1, -0.05) is 24.3 Å². The fraction of sp³-hybridized carbons (Fsp3) is 0.167. The van der Waals surface area contributed by atoms with E-state index in [1.54, 1.807) is 88.6 Å². The van der Waals surface area contributed by atoms with Crippen LogP contribution in [0.25, 0.3) is 12.2 Å². The van der Waals surface area contributed by atoms with Crippen LogP contribution in [0.1, 0.15) is 25.0 Å². The molecule has 2 aromatic rings. The van der Waals surface area contributed by atoms with Crippen LogP contribution in [0.3, 0.4) is 0 Å². The molecule has 0 atom stereocenters. The average molecular weight is 521 g/mol. The molecule has 0 spiro atoms. The normalized spacial score (nSPS) is 17.6. The number of likely N-dealkylation sites (N-methyl/N-ethyl adjacent to an activating group) is 2. The van der Waals surface area contributed by atoms with Crippen molar-refractivity contribution < 1.29 is 52.5 Å². The molecule has 0 fully saturated rings. The molecule has 2 heterocycles. The first kappa shape index (κ1) is 26.2. The van der Waals surface area contributed by atoms with Crippen LogP contribution in [0.4, 0.5) is 0 Å². The molecule has 9 heteroatoms. The number of carbonyl (C=O) groups excluding carboxylic acids is 2. The van der Waals surface area contributed by atoms with Crippen LogP contribution in [-0.4, -0.2) is 57.6 Å². The van der Waals surface area contributed by atoms with E-state index in [2.05, 4.69) is 10.2 Å². The van der Waals surface area contributed by atoms with Crippen LogP contribution in [0.2, 0.25) is 0 Å². The summed E-state index contributed by atoms with van der Waals surface area (Å²) in [7, 11) is 3.26. The average Bonchev–Trinajstić information content (AvgIpc) is 3.14. The van der Waals surface area contributed by atoms with E-state index < -0.39 is 0 Å². The minimum atomic E-state index is -0.106. The van der Waals surface area contributed by atoms with E-state index in [4.69, 9.17) is 10.2 Å². The Bertz CT molecular complexity index is 1070. The first-order valence-corrected chi connectivity index (χ1v) is 9.84. The largest absolute Gasteiger partial charge is 0.508 e. The third-order valence-corrected chi connectivity index (χ3v) is 4.84. The third kappa shape index (κ3) is 6.46. The molecular weight excluding hydrogens is 497 g/mol. The predicted molar refractivity (Wildman–Crippen MR) is 124 cm³/mol. The second-order valence-corrected chi connectivity index (χ2v) is 7.33. The number of hydrazone groups is 2. The summed E-state index contributed by atoms with van der Waals surface area (Å²) in [4.78, 5) is 23.4. The number of hydrogen-bond acceptors (Lipinski definition) is 6. The summed E-state index contributed by atoms with van der Waals surface area (Å²) < 4.78 is 0. The summed E-state index contributed by atoms with van der Waals surface area (Å²) >= 11 is 0. The second-order valence-electron chi connectivity index (χ2n) is 7.33. The van der Waals surface area contributed by atoms with Gasteiger partial charge in [-0.3, -0.25) is 9.59 Å². The number of carbonyl (C=O) groups is 2. The van der Waals surface area contributed by atoms with Crippen LogP contribution in [0.5, 0.6) is 11.5 Å². The quantitative estimate of drug-likeness (QED) is 0.592. The maximum Gasteiger partial charge on any atom is 0.275 e. The first-order chi connectivity index (χ1) is 15.2. The number of amides is 2.